The molecule has 24 heavy (non-hydrogen) atoms. The quantitative estimate of drug-likeness (QED) is 0.806. The highest BCUT2D eigenvalue weighted by Crippen LogP contribution is 2.30. The molecule has 1 heterocycles. The molecule has 0 amide bonds. The summed E-state index contributed by atoms with van der Waals surface area (Å²) < 4.78 is 33.0. The van der Waals surface area contributed by atoms with Gasteiger partial charge in [0, 0.05) is 24.2 Å². The summed E-state index contributed by atoms with van der Waals surface area (Å²) in [6.07, 6.45) is 0. The van der Waals surface area contributed by atoms with E-state index < -0.39 is 0 Å². The van der Waals surface area contributed by atoms with E-state index in [1.54, 1.807) is 12.1 Å². The molecule has 0 fully saturated rings. The van der Waals surface area contributed by atoms with Gasteiger partial charge in [-0.25, -0.2) is 13.8 Å². The molecule has 0 saturated carbocycles. The molecule has 1 atom stereocenters. The SMILES string of the molecule is CCOc1cc(F)ccc1-c1ccc(F)c(CN[C@H](C)C(C)C)n1. The Morgan fingerprint density at radius 3 is 2.54 bits per heavy atom. The van der Waals surface area contributed by atoms with E-state index in [2.05, 4.69) is 31.1 Å². The van der Waals surface area contributed by atoms with E-state index in [1.807, 2.05) is 6.92 Å². The molecule has 5 heteroatoms. The van der Waals surface area contributed by atoms with Crippen LogP contribution in [0.25, 0.3) is 11.3 Å². The number of benzene rings is 1. The Kier molecular flexibility index (Phi) is 6.26. The Bertz CT molecular complexity index is 689. The molecule has 3 nitrogen and oxygen atoms in total. The van der Waals surface area contributed by atoms with Gasteiger partial charge in [-0.2, -0.15) is 0 Å². The fraction of sp³-hybridized carbons (Fsp3) is 0.421. The fourth-order valence-corrected chi connectivity index (χ4v) is 2.23. The molecule has 2 rings (SSSR count). The van der Waals surface area contributed by atoms with Crippen molar-refractivity contribution in [1.29, 1.82) is 0 Å². The Morgan fingerprint density at radius 1 is 1.12 bits per heavy atom. The van der Waals surface area contributed by atoms with Gasteiger partial charge in [0.2, 0.25) is 0 Å². The third-order valence-corrected chi connectivity index (χ3v) is 4.03. The lowest BCUT2D eigenvalue weighted by Crippen LogP contribution is -2.30. The van der Waals surface area contributed by atoms with Crippen LogP contribution in [0.1, 0.15) is 33.4 Å². The molecule has 2 aromatic rings. The summed E-state index contributed by atoms with van der Waals surface area (Å²) in [6.45, 7) is 8.84. The zero-order valence-corrected chi connectivity index (χ0v) is 14.6. The van der Waals surface area contributed by atoms with E-state index in [4.69, 9.17) is 4.74 Å². The standard InChI is InChI=1S/C19H24F2N2O/c1-5-24-19-10-14(20)6-7-15(19)17-9-8-16(21)18(23-17)11-22-13(4)12(2)3/h6-10,12-13,22H,5,11H2,1-4H3/t13-/m1/s1. The van der Waals surface area contributed by atoms with Crippen molar-refractivity contribution in [2.24, 2.45) is 5.92 Å². The zero-order valence-electron chi connectivity index (χ0n) is 14.6. The first-order valence-corrected chi connectivity index (χ1v) is 8.23. The molecule has 1 aromatic carbocycles. The molecule has 0 bridgehead atoms. The Labute approximate surface area is 142 Å². The van der Waals surface area contributed by atoms with E-state index in [0.29, 0.717) is 41.8 Å². The zero-order chi connectivity index (χ0) is 17.7. The maximum atomic E-state index is 14.1. The van der Waals surface area contributed by atoms with Gasteiger partial charge in [0.1, 0.15) is 17.4 Å². The van der Waals surface area contributed by atoms with Crippen molar-refractivity contribution in [3.63, 3.8) is 0 Å². The molecule has 1 N–H and O–H groups in total. The van der Waals surface area contributed by atoms with Crippen molar-refractivity contribution < 1.29 is 13.5 Å². The summed E-state index contributed by atoms with van der Waals surface area (Å²) in [5.41, 5.74) is 1.55. The first kappa shape index (κ1) is 18.3. The average Bonchev–Trinajstić information content (AvgIpc) is 2.54. The van der Waals surface area contributed by atoms with Gasteiger partial charge in [0.25, 0.3) is 0 Å². The van der Waals surface area contributed by atoms with Gasteiger partial charge in [-0.3, -0.25) is 0 Å². The predicted octanol–water partition coefficient (Wildman–Crippen LogP) is 4.56. The Balaban J connectivity index is 2.31. The van der Waals surface area contributed by atoms with E-state index >= 15 is 0 Å². The normalized spacial score (nSPS) is 12.5. The lowest BCUT2D eigenvalue weighted by Gasteiger charge is -2.17. The summed E-state index contributed by atoms with van der Waals surface area (Å²) >= 11 is 0. The smallest absolute Gasteiger partial charge is 0.146 e. The van der Waals surface area contributed by atoms with Crippen molar-refractivity contribution in [1.82, 2.24) is 10.3 Å². The number of hydrogen-bond donors (Lipinski definition) is 1. The van der Waals surface area contributed by atoms with Crippen LogP contribution in [0.15, 0.2) is 30.3 Å². The number of ether oxygens (including phenoxy) is 1. The van der Waals surface area contributed by atoms with Gasteiger partial charge in [-0.1, -0.05) is 13.8 Å². The molecule has 0 spiro atoms. The minimum atomic E-state index is -0.378. The lowest BCUT2D eigenvalue weighted by molar-refractivity contribution is 0.339. The van der Waals surface area contributed by atoms with E-state index in [-0.39, 0.29) is 17.7 Å². The van der Waals surface area contributed by atoms with Gasteiger partial charge < -0.3 is 10.1 Å². The van der Waals surface area contributed by atoms with Crippen LogP contribution in [-0.4, -0.2) is 17.6 Å². The fourth-order valence-electron chi connectivity index (χ4n) is 2.23. The van der Waals surface area contributed by atoms with Crippen LogP contribution in [0, 0.1) is 17.6 Å². The molecule has 0 aliphatic rings. The molecule has 130 valence electrons. The largest absolute Gasteiger partial charge is 0.493 e. The highest BCUT2D eigenvalue weighted by Gasteiger charge is 2.14. The Hall–Kier alpha value is -2.01. The highest BCUT2D eigenvalue weighted by molar-refractivity contribution is 5.67. The van der Waals surface area contributed by atoms with Crippen LogP contribution in [0.2, 0.25) is 0 Å². The first-order chi connectivity index (χ1) is 11.4. The minimum absolute atomic E-state index is 0.250. The van der Waals surface area contributed by atoms with E-state index in [0.717, 1.165) is 0 Å². The third kappa shape index (κ3) is 4.51. The number of hydrogen-bond acceptors (Lipinski definition) is 3. The summed E-state index contributed by atoms with van der Waals surface area (Å²) in [5.74, 6) is 0.114. The van der Waals surface area contributed by atoms with Crippen molar-refractivity contribution in [2.75, 3.05) is 6.61 Å². The van der Waals surface area contributed by atoms with Crippen molar-refractivity contribution in [3.05, 3.63) is 47.7 Å². The van der Waals surface area contributed by atoms with Crippen LogP contribution in [-0.2, 0) is 6.54 Å². The van der Waals surface area contributed by atoms with Crippen LogP contribution < -0.4 is 10.1 Å². The maximum Gasteiger partial charge on any atom is 0.146 e. The monoisotopic (exact) mass is 334 g/mol. The molecule has 0 unspecified atom stereocenters. The van der Waals surface area contributed by atoms with Gasteiger partial charge in [0.15, 0.2) is 0 Å². The van der Waals surface area contributed by atoms with Crippen LogP contribution in [0.5, 0.6) is 5.75 Å². The number of pyridine rings is 1. The van der Waals surface area contributed by atoms with E-state index in [1.165, 1.54) is 18.2 Å². The molecular weight excluding hydrogens is 310 g/mol. The van der Waals surface area contributed by atoms with Crippen molar-refractivity contribution >= 4 is 0 Å². The molecule has 0 saturated heterocycles. The second-order valence-corrected chi connectivity index (χ2v) is 6.11. The van der Waals surface area contributed by atoms with E-state index in [9.17, 15) is 8.78 Å². The number of rotatable bonds is 7. The van der Waals surface area contributed by atoms with Crippen LogP contribution >= 0.6 is 0 Å². The van der Waals surface area contributed by atoms with Gasteiger partial charge in [-0.05, 0) is 44.0 Å². The summed E-state index contributed by atoms with van der Waals surface area (Å²) in [6, 6.07) is 7.50. The number of nitrogens with one attached hydrogen (secondary N) is 1. The predicted molar refractivity (Wildman–Crippen MR) is 91.9 cm³/mol. The topological polar surface area (TPSA) is 34.1 Å². The molecule has 0 aliphatic carbocycles. The van der Waals surface area contributed by atoms with Gasteiger partial charge >= 0.3 is 0 Å². The number of halogens is 2. The van der Waals surface area contributed by atoms with Crippen LogP contribution in [0.3, 0.4) is 0 Å². The molecule has 1 aromatic heterocycles. The van der Waals surface area contributed by atoms with Gasteiger partial charge in [0.05, 0.1) is 18.0 Å². The minimum Gasteiger partial charge on any atom is -0.493 e. The van der Waals surface area contributed by atoms with Crippen LogP contribution in [0.4, 0.5) is 8.78 Å². The summed E-state index contributed by atoms with van der Waals surface area (Å²) in [4.78, 5) is 4.41. The Morgan fingerprint density at radius 2 is 1.88 bits per heavy atom. The first-order valence-electron chi connectivity index (χ1n) is 8.23. The van der Waals surface area contributed by atoms with Gasteiger partial charge in [-0.15, -0.1) is 0 Å². The number of nitrogens with zero attached hydrogens (tertiary/aromatic N) is 1. The van der Waals surface area contributed by atoms with Crippen molar-refractivity contribution in [3.8, 4) is 17.0 Å². The molecular formula is C19H24F2N2O. The number of aromatic nitrogens is 1. The van der Waals surface area contributed by atoms with Crippen molar-refractivity contribution in [2.45, 2.75) is 40.3 Å². The third-order valence-electron chi connectivity index (χ3n) is 4.03. The highest BCUT2D eigenvalue weighted by atomic mass is 19.1. The average molecular weight is 334 g/mol. The summed E-state index contributed by atoms with van der Waals surface area (Å²) in [7, 11) is 0. The summed E-state index contributed by atoms with van der Waals surface area (Å²) in [5, 5.41) is 3.27. The maximum absolute atomic E-state index is 14.1. The lowest BCUT2D eigenvalue weighted by atomic mass is 10.1. The second-order valence-electron chi connectivity index (χ2n) is 6.11. The molecule has 0 aliphatic heterocycles. The molecule has 0 radical (unpaired) electrons. The second kappa shape index (κ2) is 8.20.